The molecule has 0 amide bonds. The summed E-state index contributed by atoms with van der Waals surface area (Å²) in [6.45, 7) is 5.42. The fourth-order valence-electron chi connectivity index (χ4n) is 16.4. The third kappa shape index (κ3) is 12.0. The zero-order valence-corrected chi connectivity index (χ0v) is 48.9. The summed E-state index contributed by atoms with van der Waals surface area (Å²) in [4.78, 5) is 15.4. The number of carbonyl (C=O) groups excluding carboxylic acids is 1. The molecule has 32 heteroatoms. The highest BCUT2D eigenvalue weighted by atomic mass is 16.8. The van der Waals surface area contributed by atoms with Gasteiger partial charge in [0.15, 0.2) is 37.6 Å². The average Bonchev–Trinajstić information content (AvgIpc) is 1.53. The molecule has 0 aromatic rings. The summed E-state index contributed by atoms with van der Waals surface area (Å²) in [5, 5.41) is 205. The van der Waals surface area contributed by atoms with Crippen LogP contribution in [0.15, 0.2) is 12.2 Å². The van der Waals surface area contributed by atoms with E-state index in [-0.39, 0.29) is 12.3 Å². The Kier molecular flexibility index (Phi) is 20.9. The quantitative estimate of drug-likeness (QED) is 0.0365. The lowest BCUT2D eigenvalue weighted by atomic mass is 9.41. The number of hydrogen-bond donors (Lipinski definition) is 19. The summed E-state index contributed by atoms with van der Waals surface area (Å²) in [7, 11) is 0. The molecule has 6 aliphatic heterocycles. The van der Waals surface area contributed by atoms with Crippen molar-refractivity contribution in [1.82, 2.24) is 0 Å². The molecule has 88 heavy (non-hydrogen) atoms. The predicted octanol–water partition coefficient (Wildman–Crippen LogP) is -8.44. The van der Waals surface area contributed by atoms with E-state index < -0.39 is 251 Å². The van der Waals surface area contributed by atoms with Crippen molar-refractivity contribution in [3.05, 3.63) is 12.2 Å². The van der Waals surface area contributed by atoms with E-state index in [2.05, 4.69) is 13.5 Å². The van der Waals surface area contributed by atoms with Gasteiger partial charge in [0, 0.05) is 0 Å². The molecule has 6 saturated heterocycles. The molecule has 4 aliphatic carbocycles. The van der Waals surface area contributed by atoms with Crippen LogP contribution >= 0.6 is 0 Å². The number of carbonyl (C=O) groups is 1. The van der Waals surface area contributed by atoms with Crippen LogP contribution in [0.1, 0.15) is 78.6 Å². The highest BCUT2D eigenvalue weighted by molar-refractivity contribution is 5.77. The van der Waals surface area contributed by atoms with Crippen molar-refractivity contribution >= 4 is 5.97 Å². The zero-order valence-electron chi connectivity index (χ0n) is 48.9. The van der Waals surface area contributed by atoms with Gasteiger partial charge in [-0.1, -0.05) is 19.9 Å². The van der Waals surface area contributed by atoms with Crippen LogP contribution in [0.5, 0.6) is 0 Å². The molecule has 10 aliphatic rings. The van der Waals surface area contributed by atoms with Crippen molar-refractivity contribution in [2.45, 2.75) is 268 Å². The number of hydrogen-bond acceptors (Lipinski definition) is 32. The molecule has 36 atom stereocenters. The summed E-state index contributed by atoms with van der Waals surface area (Å²) >= 11 is 0. The Bertz CT molecular complexity index is 2380. The van der Waals surface area contributed by atoms with Crippen LogP contribution in [0.2, 0.25) is 0 Å². The van der Waals surface area contributed by atoms with E-state index in [4.69, 9.17) is 56.8 Å². The van der Waals surface area contributed by atoms with Crippen LogP contribution in [-0.2, 0) is 61.6 Å². The van der Waals surface area contributed by atoms with Gasteiger partial charge in [-0.25, -0.2) is 0 Å². The van der Waals surface area contributed by atoms with Gasteiger partial charge < -0.3 is 154 Å². The molecule has 0 unspecified atom stereocenters. The number of rotatable bonds is 17. The van der Waals surface area contributed by atoms with Gasteiger partial charge in [0.2, 0.25) is 6.29 Å². The molecule has 4 saturated carbocycles. The third-order valence-corrected chi connectivity index (χ3v) is 21.3. The molecule has 10 fully saturated rings. The van der Waals surface area contributed by atoms with Crippen molar-refractivity contribution in [3.63, 3.8) is 0 Å². The second kappa shape index (κ2) is 26.7. The number of fused-ring (bicyclic) bond motifs is 3. The second-order valence-electron chi connectivity index (χ2n) is 26.4. The first-order valence-electron chi connectivity index (χ1n) is 30.3. The molecule has 506 valence electrons. The smallest absolute Gasteiger partial charge is 0.314 e. The van der Waals surface area contributed by atoms with Gasteiger partial charge >= 0.3 is 5.97 Å². The summed E-state index contributed by atoms with van der Waals surface area (Å²) in [5.74, 6) is -1.35. The lowest BCUT2D eigenvalue weighted by molar-refractivity contribution is -0.400. The van der Waals surface area contributed by atoms with E-state index >= 15 is 4.79 Å². The largest absolute Gasteiger partial charge is 0.432 e. The summed E-state index contributed by atoms with van der Waals surface area (Å²) < 4.78 is 73.2. The molecule has 0 aromatic heterocycles. The normalized spacial score (nSPS) is 55.0. The van der Waals surface area contributed by atoms with Gasteiger partial charge in [-0.05, 0) is 93.5 Å². The van der Waals surface area contributed by atoms with Gasteiger partial charge in [-0.3, -0.25) is 4.79 Å². The van der Waals surface area contributed by atoms with Crippen LogP contribution in [-0.4, -0.2) is 326 Å². The highest BCUT2D eigenvalue weighted by Crippen LogP contribution is 2.74. The lowest BCUT2D eigenvalue weighted by Crippen LogP contribution is -2.68. The zero-order chi connectivity index (χ0) is 64.0. The third-order valence-electron chi connectivity index (χ3n) is 21.3. The number of aliphatic hydroxyl groups is 19. The average molecular weight is 1280 g/mol. The molecule has 32 nitrogen and oxygen atoms in total. The molecule has 1 spiro atoms. The Hall–Kier alpha value is -1.99. The molecule has 10 rings (SSSR count). The summed E-state index contributed by atoms with van der Waals surface area (Å²) in [6, 6.07) is 0. The Labute approximate surface area is 505 Å². The fraction of sp³-hybridized carbons (Fsp3) is 0.946. The number of ether oxygens (including phenoxy) is 12. The minimum absolute atomic E-state index is 0.133. The van der Waals surface area contributed by atoms with E-state index in [1.165, 1.54) is 6.92 Å². The molecule has 0 aromatic carbocycles. The Morgan fingerprint density at radius 1 is 0.455 bits per heavy atom. The van der Waals surface area contributed by atoms with E-state index in [0.717, 1.165) is 0 Å². The molecule has 0 radical (unpaired) electrons. The van der Waals surface area contributed by atoms with Crippen molar-refractivity contribution in [2.75, 3.05) is 33.0 Å². The van der Waals surface area contributed by atoms with E-state index in [9.17, 15) is 97.0 Å². The van der Waals surface area contributed by atoms with Gasteiger partial charge in [0.25, 0.3) is 0 Å². The number of aliphatic hydroxyl groups excluding tert-OH is 19. The van der Waals surface area contributed by atoms with Crippen LogP contribution in [0, 0.1) is 28.1 Å². The molecule has 2 bridgehead atoms. The first-order valence-corrected chi connectivity index (χ1v) is 30.3. The van der Waals surface area contributed by atoms with E-state index in [0.29, 0.717) is 56.9 Å². The van der Waals surface area contributed by atoms with Crippen molar-refractivity contribution in [3.8, 4) is 0 Å². The molecular formula is C56H90O32. The molecular weight excluding hydrogens is 1180 g/mol. The minimum atomic E-state index is -2.03. The fourth-order valence-corrected chi connectivity index (χ4v) is 16.4. The number of esters is 1. The van der Waals surface area contributed by atoms with E-state index in [1.54, 1.807) is 6.92 Å². The maximum Gasteiger partial charge on any atom is 0.314 e. The van der Waals surface area contributed by atoms with Crippen LogP contribution in [0.25, 0.3) is 0 Å². The van der Waals surface area contributed by atoms with Crippen LogP contribution in [0.3, 0.4) is 0 Å². The lowest BCUT2D eigenvalue weighted by Gasteiger charge is -2.64. The van der Waals surface area contributed by atoms with Crippen LogP contribution < -0.4 is 0 Å². The van der Waals surface area contributed by atoms with E-state index in [1.807, 2.05) is 0 Å². The monoisotopic (exact) mass is 1270 g/mol. The van der Waals surface area contributed by atoms with Gasteiger partial charge in [-0.2, -0.15) is 0 Å². The minimum Gasteiger partial charge on any atom is -0.432 e. The van der Waals surface area contributed by atoms with Crippen molar-refractivity contribution in [1.29, 1.82) is 0 Å². The Morgan fingerprint density at radius 3 is 1.31 bits per heavy atom. The Morgan fingerprint density at radius 2 is 0.841 bits per heavy atom. The maximum absolute atomic E-state index is 15.4. The van der Waals surface area contributed by atoms with Crippen LogP contribution in [0.4, 0.5) is 0 Å². The van der Waals surface area contributed by atoms with Gasteiger partial charge in [0.05, 0.1) is 50.2 Å². The molecule has 6 heterocycles. The first-order chi connectivity index (χ1) is 41.6. The topological polar surface area (TPSA) is 512 Å². The highest BCUT2D eigenvalue weighted by Gasteiger charge is 2.70. The SMILES string of the molecule is C=C1C[C@@]23CC[C@H]4[C@@](C)(CCC[C@@]4(C)C(=O)O[C@@H]4O[C@H](CO)[C@@H](O)[C@H](O[C@@H]5O[C@H](CO)[C@@H](O)[C@H](O)[C@H]5O)[C@H]4O[C@@H]4O[C@@H](C)[C@H](O)[C@@H](O)[C@H]4O)[C@@H]2CC[C@]1(O[C@@H]1O[C@H](CO)[C@@H](O)[C@H](O[C@@H]2O[C@H](CO)[C@@H](O)[C@H](O)[C@H]2O)[C@H]1O[C@@H]1O[C@H](CO)[C@@H](O)[C@H](O)[C@H]1O)C3. The van der Waals surface area contributed by atoms with Crippen molar-refractivity contribution < 1.29 is 159 Å². The summed E-state index contributed by atoms with van der Waals surface area (Å²) in [6.07, 6.45) is -50.1. The molecule has 19 N–H and O–H groups in total. The second-order valence-corrected chi connectivity index (χ2v) is 26.4. The Balaban J connectivity index is 0.919. The maximum atomic E-state index is 15.4. The van der Waals surface area contributed by atoms with Gasteiger partial charge in [0.1, 0.15) is 134 Å². The summed E-state index contributed by atoms with van der Waals surface area (Å²) in [5.41, 5.74) is -3.13. The predicted molar refractivity (Wildman–Crippen MR) is 283 cm³/mol. The standard InChI is InChI=1S/C56H90O32/c1-19-12-55-10-6-26-53(3,8-5-9-54(26,4)52(76)87-50-44(85-46-38(72)34(68)28(62)20(2)77-46)42(32(66)24(16-60)81-50)83-47-39(73)35(69)29(63)21(13-57)78-47)27(55)7-11-56(19,18-55)88-51-45(86-49-41(75)37(71)31(65)23(15-59)80-49)43(33(67)25(17-61)82-51)84-48-40(74)36(70)30(64)22(14-58)79-48/h20-51,57-75H,1,5-18H2,2-4H3/t20-,21+,22+,23+,24+,25+,26-,27-,28-,29+,30+,31+,32+,33+,34+,35-,36-,37-,38+,39+,40+,41+,42-,43-,44+,45+,46-,47-,48-,49-,50-,51-,53+,54+,55+,56-/m0/s1. The van der Waals surface area contributed by atoms with Gasteiger partial charge in [-0.15, -0.1) is 0 Å². The first kappa shape index (κ1) is 68.9. The van der Waals surface area contributed by atoms with Crippen molar-refractivity contribution in [2.24, 2.45) is 28.1 Å².